The number of ether oxygens (including phenoxy) is 1. The van der Waals surface area contributed by atoms with E-state index in [1.807, 2.05) is 43.0 Å². The van der Waals surface area contributed by atoms with Gasteiger partial charge in [-0.05, 0) is 82.2 Å². The van der Waals surface area contributed by atoms with E-state index >= 15 is 0 Å². The fourth-order valence-corrected chi connectivity index (χ4v) is 4.55. The minimum atomic E-state index is -0.0308. The van der Waals surface area contributed by atoms with Crippen LogP contribution in [0.5, 0.6) is 5.75 Å². The molecule has 2 aromatic carbocycles. The van der Waals surface area contributed by atoms with E-state index in [-0.39, 0.29) is 12.0 Å². The van der Waals surface area contributed by atoms with Crippen molar-refractivity contribution < 1.29 is 9.53 Å². The van der Waals surface area contributed by atoms with Crippen LogP contribution in [0.15, 0.2) is 36.4 Å². The van der Waals surface area contributed by atoms with Crippen LogP contribution < -0.4 is 9.64 Å². The lowest BCUT2D eigenvalue weighted by Gasteiger charge is -2.25. The van der Waals surface area contributed by atoms with E-state index in [1.54, 1.807) is 11.3 Å². The van der Waals surface area contributed by atoms with Crippen molar-refractivity contribution in [2.24, 2.45) is 0 Å². The molecule has 0 N–H and O–H groups in total. The first-order valence-corrected chi connectivity index (χ1v) is 11.8. The molecule has 0 aliphatic rings. The number of hydrogen-bond acceptors (Lipinski definition) is 5. The maximum atomic E-state index is 13.5. The van der Waals surface area contributed by atoms with Crippen molar-refractivity contribution in [3.05, 3.63) is 53.1 Å². The normalized spacial score (nSPS) is 11.5. The summed E-state index contributed by atoms with van der Waals surface area (Å²) in [7, 11) is 0. The zero-order valence-electron chi connectivity index (χ0n) is 19.4. The molecule has 0 unspecified atom stereocenters. The standard InChI is InChI=1S/C25H33N3O2S/c1-7-27(8-2)15-16-28(24(29)20-10-12-21(13-11-20)30-17(3)4)25-26-23-19(6)18(5)9-14-22(23)31-25/h9-14,17H,7-8,15-16H2,1-6H3. The molecule has 0 atom stereocenters. The van der Waals surface area contributed by atoms with E-state index < -0.39 is 0 Å². The number of carbonyl (C=O) groups is 1. The SMILES string of the molecule is CCN(CC)CCN(C(=O)c1ccc(OC(C)C)cc1)c1nc2c(C)c(C)ccc2s1. The highest BCUT2D eigenvalue weighted by atomic mass is 32.1. The molecule has 1 heterocycles. The minimum absolute atomic E-state index is 0.0308. The molecule has 1 aromatic heterocycles. The Balaban J connectivity index is 1.94. The van der Waals surface area contributed by atoms with Crippen LogP contribution in [0.4, 0.5) is 5.13 Å². The van der Waals surface area contributed by atoms with Crippen molar-refractivity contribution in [3.63, 3.8) is 0 Å². The zero-order chi connectivity index (χ0) is 22.5. The highest BCUT2D eigenvalue weighted by Crippen LogP contribution is 2.32. The van der Waals surface area contributed by atoms with Crippen molar-refractivity contribution in [2.75, 3.05) is 31.1 Å². The lowest BCUT2D eigenvalue weighted by Crippen LogP contribution is -2.38. The number of carbonyl (C=O) groups excluding carboxylic acids is 1. The Morgan fingerprint density at radius 1 is 1.03 bits per heavy atom. The molecule has 6 heteroatoms. The van der Waals surface area contributed by atoms with E-state index in [0.29, 0.717) is 12.1 Å². The quantitative estimate of drug-likeness (QED) is 0.430. The summed E-state index contributed by atoms with van der Waals surface area (Å²) in [5, 5.41) is 0.753. The third-order valence-electron chi connectivity index (χ3n) is 5.56. The van der Waals surface area contributed by atoms with Crippen molar-refractivity contribution >= 4 is 32.6 Å². The first-order valence-electron chi connectivity index (χ1n) is 11.0. The summed E-state index contributed by atoms with van der Waals surface area (Å²) in [5.41, 5.74) is 4.02. The van der Waals surface area contributed by atoms with Gasteiger partial charge in [-0.15, -0.1) is 0 Å². The number of anilines is 1. The van der Waals surface area contributed by atoms with Crippen molar-refractivity contribution in [3.8, 4) is 5.75 Å². The van der Waals surface area contributed by atoms with Crippen LogP contribution in [0, 0.1) is 13.8 Å². The van der Waals surface area contributed by atoms with Gasteiger partial charge in [-0.2, -0.15) is 0 Å². The molecule has 0 radical (unpaired) electrons. The second-order valence-electron chi connectivity index (χ2n) is 8.03. The Kier molecular flexibility index (Phi) is 7.68. The van der Waals surface area contributed by atoms with Crippen molar-refractivity contribution in [1.82, 2.24) is 9.88 Å². The highest BCUT2D eigenvalue weighted by molar-refractivity contribution is 7.22. The Bertz CT molecular complexity index is 1020. The topological polar surface area (TPSA) is 45.7 Å². The second-order valence-corrected chi connectivity index (χ2v) is 9.03. The molecular weight excluding hydrogens is 406 g/mol. The van der Waals surface area contributed by atoms with E-state index in [4.69, 9.17) is 9.72 Å². The lowest BCUT2D eigenvalue weighted by molar-refractivity contribution is 0.0983. The van der Waals surface area contributed by atoms with Gasteiger partial charge in [0.05, 0.1) is 16.3 Å². The van der Waals surface area contributed by atoms with E-state index in [2.05, 4.69) is 44.7 Å². The lowest BCUT2D eigenvalue weighted by atomic mass is 10.1. The first kappa shape index (κ1) is 23.2. The molecule has 3 rings (SSSR count). The van der Waals surface area contributed by atoms with Crippen LogP contribution in [0.1, 0.15) is 49.2 Å². The molecule has 0 saturated carbocycles. The highest BCUT2D eigenvalue weighted by Gasteiger charge is 2.22. The van der Waals surface area contributed by atoms with E-state index in [1.165, 1.54) is 11.1 Å². The predicted molar refractivity (Wildman–Crippen MR) is 131 cm³/mol. The van der Waals surface area contributed by atoms with Gasteiger partial charge in [0.2, 0.25) is 0 Å². The monoisotopic (exact) mass is 439 g/mol. The van der Waals surface area contributed by atoms with Gasteiger partial charge < -0.3 is 9.64 Å². The average molecular weight is 440 g/mol. The molecule has 5 nitrogen and oxygen atoms in total. The van der Waals surface area contributed by atoms with Gasteiger partial charge in [-0.25, -0.2) is 4.98 Å². The van der Waals surface area contributed by atoms with Crippen LogP contribution in [0.3, 0.4) is 0 Å². The van der Waals surface area contributed by atoms with Crippen molar-refractivity contribution in [2.45, 2.75) is 47.6 Å². The molecule has 0 bridgehead atoms. The number of amides is 1. The third-order valence-corrected chi connectivity index (χ3v) is 6.60. The van der Waals surface area contributed by atoms with Crippen LogP contribution in [-0.4, -0.2) is 48.1 Å². The van der Waals surface area contributed by atoms with Gasteiger partial charge in [0.1, 0.15) is 5.75 Å². The summed E-state index contributed by atoms with van der Waals surface area (Å²) in [4.78, 5) is 22.6. The Hall–Kier alpha value is -2.44. The van der Waals surface area contributed by atoms with Gasteiger partial charge in [-0.1, -0.05) is 31.3 Å². The number of benzene rings is 2. The molecule has 0 fully saturated rings. The van der Waals surface area contributed by atoms with Crippen LogP contribution in [-0.2, 0) is 0 Å². The van der Waals surface area contributed by atoms with Crippen LogP contribution in [0.2, 0.25) is 0 Å². The summed E-state index contributed by atoms with van der Waals surface area (Å²) in [5.74, 6) is 0.740. The number of nitrogens with zero attached hydrogens (tertiary/aromatic N) is 3. The van der Waals surface area contributed by atoms with Crippen LogP contribution in [0.25, 0.3) is 10.2 Å². The molecule has 1 amide bonds. The number of aryl methyl sites for hydroxylation is 2. The molecule has 31 heavy (non-hydrogen) atoms. The molecule has 0 aliphatic heterocycles. The number of likely N-dealkylation sites (N-methyl/N-ethyl adjacent to an activating group) is 1. The maximum Gasteiger partial charge on any atom is 0.260 e. The fraction of sp³-hybridized carbons (Fsp3) is 0.440. The van der Waals surface area contributed by atoms with Gasteiger partial charge in [0.15, 0.2) is 5.13 Å². The summed E-state index contributed by atoms with van der Waals surface area (Å²) < 4.78 is 6.84. The first-order chi connectivity index (χ1) is 14.8. The van der Waals surface area contributed by atoms with E-state index in [0.717, 1.165) is 40.7 Å². The number of fused-ring (bicyclic) bond motifs is 1. The van der Waals surface area contributed by atoms with Gasteiger partial charge in [-0.3, -0.25) is 9.69 Å². The molecule has 0 saturated heterocycles. The Morgan fingerprint density at radius 3 is 2.32 bits per heavy atom. The molecule has 0 aliphatic carbocycles. The van der Waals surface area contributed by atoms with Gasteiger partial charge in [0, 0.05) is 18.7 Å². The Morgan fingerprint density at radius 2 is 1.71 bits per heavy atom. The number of aromatic nitrogens is 1. The molecule has 0 spiro atoms. The number of rotatable bonds is 9. The Labute approximate surface area is 189 Å². The van der Waals surface area contributed by atoms with Gasteiger partial charge in [0.25, 0.3) is 5.91 Å². The van der Waals surface area contributed by atoms with Gasteiger partial charge >= 0.3 is 0 Å². The zero-order valence-corrected chi connectivity index (χ0v) is 20.3. The van der Waals surface area contributed by atoms with Crippen molar-refractivity contribution in [1.29, 1.82) is 0 Å². The number of thiazole rings is 1. The minimum Gasteiger partial charge on any atom is -0.491 e. The fourth-order valence-electron chi connectivity index (χ4n) is 3.50. The van der Waals surface area contributed by atoms with Crippen LogP contribution >= 0.6 is 11.3 Å². The largest absolute Gasteiger partial charge is 0.491 e. The molecule has 166 valence electrons. The summed E-state index contributed by atoms with van der Waals surface area (Å²) in [6.45, 7) is 15.8. The summed E-state index contributed by atoms with van der Waals surface area (Å²) in [6, 6.07) is 11.6. The van der Waals surface area contributed by atoms with E-state index in [9.17, 15) is 4.79 Å². The second kappa shape index (κ2) is 10.2. The predicted octanol–water partition coefficient (Wildman–Crippen LogP) is 5.69. The summed E-state index contributed by atoms with van der Waals surface area (Å²) >= 11 is 1.58. The smallest absolute Gasteiger partial charge is 0.260 e. The summed E-state index contributed by atoms with van der Waals surface area (Å²) in [6.07, 6.45) is 0.0987. The maximum absolute atomic E-state index is 13.5. The molecule has 3 aromatic rings. The average Bonchev–Trinajstić information content (AvgIpc) is 3.18. The third kappa shape index (κ3) is 5.43. The molecular formula is C25H33N3O2S. The number of hydrogen-bond donors (Lipinski definition) is 0.